The van der Waals surface area contributed by atoms with Crippen LogP contribution in [0.25, 0.3) is 0 Å². The van der Waals surface area contributed by atoms with Gasteiger partial charge in [-0.3, -0.25) is 4.79 Å². The molecule has 0 atom stereocenters. The Morgan fingerprint density at radius 3 is 2.50 bits per heavy atom. The molecular weight excluding hydrogens is 323 g/mol. The zero-order valence-electron chi connectivity index (χ0n) is 10.4. The van der Waals surface area contributed by atoms with Gasteiger partial charge in [0, 0.05) is 10.9 Å². The fourth-order valence-corrected chi connectivity index (χ4v) is 2.00. The van der Waals surface area contributed by atoms with Crippen molar-refractivity contribution in [1.82, 2.24) is 0 Å². The van der Waals surface area contributed by atoms with Crippen molar-refractivity contribution in [2.24, 2.45) is 0 Å². The third-order valence-corrected chi connectivity index (χ3v) is 3.36. The van der Waals surface area contributed by atoms with Crippen LogP contribution in [0.2, 0.25) is 0 Å². The Labute approximate surface area is 124 Å². The first-order chi connectivity index (χ1) is 9.63. The van der Waals surface area contributed by atoms with E-state index in [0.717, 1.165) is 11.6 Å². The van der Waals surface area contributed by atoms with E-state index in [4.69, 9.17) is 5.26 Å². The third-order valence-electron chi connectivity index (χ3n) is 2.72. The van der Waals surface area contributed by atoms with Crippen LogP contribution >= 0.6 is 15.9 Å². The number of hydrogen-bond donors (Lipinski definition) is 1. The van der Waals surface area contributed by atoms with Gasteiger partial charge in [0.25, 0.3) is 5.91 Å². The number of benzene rings is 2. The van der Waals surface area contributed by atoms with E-state index in [9.17, 15) is 9.18 Å². The Hall–Kier alpha value is -2.19. The van der Waals surface area contributed by atoms with Crippen LogP contribution in [0.5, 0.6) is 0 Å². The first kappa shape index (κ1) is 14.2. The number of halogens is 2. The standard InChI is InChI=1S/C15H10BrFN2O/c16-8-10-1-4-12(5-2-10)15(20)19-14-6-3-11(9-18)7-13(14)17/h1-7H,8H2,(H,19,20). The molecule has 0 aromatic heterocycles. The van der Waals surface area contributed by atoms with E-state index in [0.29, 0.717) is 10.9 Å². The van der Waals surface area contributed by atoms with Gasteiger partial charge >= 0.3 is 0 Å². The molecular formula is C15H10BrFN2O. The van der Waals surface area contributed by atoms with Crippen molar-refractivity contribution in [1.29, 1.82) is 5.26 Å². The van der Waals surface area contributed by atoms with Crippen LogP contribution < -0.4 is 5.32 Å². The van der Waals surface area contributed by atoms with Crippen LogP contribution in [-0.2, 0) is 5.33 Å². The van der Waals surface area contributed by atoms with Crippen LogP contribution in [0.3, 0.4) is 0 Å². The molecule has 0 saturated heterocycles. The van der Waals surface area contributed by atoms with Crippen molar-refractivity contribution < 1.29 is 9.18 Å². The van der Waals surface area contributed by atoms with Crippen molar-refractivity contribution in [3.63, 3.8) is 0 Å². The zero-order chi connectivity index (χ0) is 14.5. The van der Waals surface area contributed by atoms with Crippen molar-refractivity contribution in [2.45, 2.75) is 5.33 Å². The molecule has 0 aliphatic heterocycles. The predicted molar refractivity (Wildman–Crippen MR) is 78.1 cm³/mol. The highest BCUT2D eigenvalue weighted by molar-refractivity contribution is 9.08. The number of rotatable bonds is 3. The zero-order valence-corrected chi connectivity index (χ0v) is 11.9. The van der Waals surface area contributed by atoms with Crippen LogP contribution in [0.1, 0.15) is 21.5 Å². The van der Waals surface area contributed by atoms with E-state index in [2.05, 4.69) is 21.2 Å². The number of carbonyl (C=O) groups excluding carboxylic acids is 1. The normalized spacial score (nSPS) is 9.85. The molecule has 0 aliphatic carbocycles. The molecule has 0 aliphatic rings. The molecule has 0 radical (unpaired) electrons. The van der Waals surface area contributed by atoms with Crippen LogP contribution in [0.15, 0.2) is 42.5 Å². The minimum atomic E-state index is -0.630. The molecule has 0 fully saturated rings. The molecule has 1 amide bonds. The Morgan fingerprint density at radius 2 is 1.95 bits per heavy atom. The van der Waals surface area contributed by atoms with Gasteiger partial charge in [-0.05, 0) is 35.9 Å². The summed E-state index contributed by atoms with van der Waals surface area (Å²) in [5, 5.41) is 11.8. The lowest BCUT2D eigenvalue weighted by molar-refractivity contribution is 0.102. The van der Waals surface area contributed by atoms with Crippen LogP contribution in [-0.4, -0.2) is 5.91 Å². The lowest BCUT2D eigenvalue weighted by atomic mass is 10.1. The molecule has 2 aromatic rings. The van der Waals surface area contributed by atoms with E-state index in [-0.39, 0.29) is 11.3 Å². The number of nitriles is 1. The molecule has 2 aromatic carbocycles. The van der Waals surface area contributed by atoms with Gasteiger partial charge in [0.15, 0.2) is 0 Å². The van der Waals surface area contributed by atoms with Crippen molar-refractivity contribution in [2.75, 3.05) is 5.32 Å². The minimum Gasteiger partial charge on any atom is -0.319 e. The number of anilines is 1. The second-order valence-corrected chi connectivity index (χ2v) is 4.65. The van der Waals surface area contributed by atoms with Crippen molar-refractivity contribution in [3.8, 4) is 6.07 Å². The van der Waals surface area contributed by atoms with Gasteiger partial charge in [-0.25, -0.2) is 4.39 Å². The maximum absolute atomic E-state index is 13.7. The number of amides is 1. The summed E-state index contributed by atoms with van der Waals surface area (Å²) in [5.74, 6) is -1.02. The lowest BCUT2D eigenvalue weighted by Gasteiger charge is -2.07. The van der Waals surface area contributed by atoms with Gasteiger partial charge in [-0.2, -0.15) is 5.26 Å². The van der Waals surface area contributed by atoms with Gasteiger partial charge in [-0.15, -0.1) is 0 Å². The molecule has 20 heavy (non-hydrogen) atoms. The average Bonchev–Trinajstić information content (AvgIpc) is 2.49. The van der Waals surface area contributed by atoms with Crippen LogP contribution in [0, 0.1) is 17.1 Å². The molecule has 1 N–H and O–H groups in total. The summed E-state index contributed by atoms with van der Waals surface area (Å²) in [6.45, 7) is 0. The van der Waals surface area contributed by atoms with E-state index >= 15 is 0 Å². The van der Waals surface area contributed by atoms with Gasteiger partial charge in [0.1, 0.15) is 5.82 Å². The quantitative estimate of drug-likeness (QED) is 0.868. The Morgan fingerprint density at radius 1 is 1.25 bits per heavy atom. The fourth-order valence-electron chi connectivity index (χ4n) is 1.63. The molecule has 5 heteroatoms. The average molecular weight is 333 g/mol. The highest BCUT2D eigenvalue weighted by Crippen LogP contribution is 2.17. The van der Waals surface area contributed by atoms with Crippen LogP contribution in [0.4, 0.5) is 10.1 Å². The molecule has 100 valence electrons. The van der Waals surface area contributed by atoms with E-state index in [1.54, 1.807) is 12.1 Å². The second kappa shape index (κ2) is 6.31. The minimum absolute atomic E-state index is 0.0542. The fraction of sp³-hybridized carbons (Fsp3) is 0.0667. The summed E-state index contributed by atoms with van der Waals surface area (Å²) in [7, 11) is 0. The van der Waals surface area contributed by atoms with E-state index < -0.39 is 11.7 Å². The molecule has 0 bridgehead atoms. The molecule has 2 rings (SSSR count). The predicted octanol–water partition coefficient (Wildman–Crippen LogP) is 3.84. The third kappa shape index (κ3) is 3.22. The topological polar surface area (TPSA) is 52.9 Å². The van der Waals surface area contributed by atoms with Gasteiger partial charge in [-0.1, -0.05) is 28.1 Å². The maximum atomic E-state index is 13.7. The molecule has 0 heterocycles. The highest BCUT2D eigenvalue weighted by atomic mass is 79.9. The van der Waals surface area contributed by atoms with Crippen molar-refractivity contribution >= 4 is 27.5 Å². The Balaban J connectivity index is 2.17. The Bertz CT molecular complexity index is 677. The smallest absolute Gasteiger partial charge is 0.255 e. The molecule has 0 saturated carbocycles. The summed E-state index contributed by atoms with van der Waals surface area (Å²) in [4.78, 5) is 12.0. The second-order valence-electron chi connectivity index (χ2n) is 4.09. The summed E-state index contributed by atoms with van der Waals surface area (Å²) < 4.78 is 13.7. The number of alkyl halides is 1. The monoisotopic (exact) mass is 332 g/mol. The first-order valence-corrected chi connectivity index (χ1v) is 6.92. The highest BCUT2D eigenvalue weighted by Gasteiger charge is 2.09. The summed E-state index contributed by atoms with van der Waals surface area (Å²) in [5.41, 5.74) is 1.75. The molecule has 0 spiro atoms. The van der Waals surface area contributed by atoms with Gasteiger partial charge in [0.05, 0.1) is 17.3 Å². The van der Waals surface area contributed by atoms with E-state index in [1.165, 1.54) is 12.1 Å². The molecule has 3 nitrogen and oxygen atoms in total. The number of hydrogen-bond acceptors (Lipinski definition) is 2. The Kier molecular flexibility index (Phi) is 4.49. The number of nitrogens with zero attached hydrogens (tertiary/aromatic N) is 1. The van der Waals surface area contributed by atoms with E-state index in [1.807, 2.05) is 18.2 Å². The molecule has 0 unspecified atom stereocenters. The summed E-state index contributed by atoms with van der Waals surface area (Å²) >= 11 is 3.32. The first-order valence-electron chi connectivity index (χ1n) is 5.80. The summed E-state index contributed by atoms with van der Waals surface area (Å²) in [6, 6.07) is 12.7. The number of nitrogens with one attached hydrogen (secondary N) is 1. The van der Waals surface area contributed by atoms with Gasteiger partial charge < -0.3 is 5.32 Å². The van der Waals surface area contributed by atoms with Gasteiger partial charge in [0.2, 0.25) is 0 Å². The maximum Gasteiger partial charge on any atom is 0.255 e. The number of carbonyl (C=O) groups is 1. The summed E-state index contributed by atoms with van der Waals surface area (Å²) in [6.07, 6.45) is 0. The largest absolute Gasteiger partial charge is 0.319 e. The lowest BCUT2D eigenvalue weighted by Crippen LogP contribution is -2.13. The SMILES string of the molecule is N#Cc1ccc(NC(=O)c2ccc(CBr)cc2)c(F)c1. The van der Waals surface area contributed by atoms with Crippen molar-refractivity contribution in [3.05, 3.63) is 65.0 Å².